The molecule has 2 aliphatic rings. The first-order valence-corrected chi connectivity index (χ1v) is 9.75. The van der Waals surface area contributed by atoms with E-state index in [1.807, 2.05) is 30.3 Å². The molecular formula is C21H23N5O4. The van der Waals surface area contributed by atoms with E-state index in [-0.39, 0.29) is 18.0 Å². The smallest absolute Gasteiger partial charge is 0.345 e. The number of nitrogens with one attached hydrogen (secondary N) is 2. The topological polar surface area (TPSA) is 117 Å². The van der Waals surface area contributed by atoms with Crippen LogP contribution >= 0.6 is 0 Å². The molecule has 0 aromatic heterocycles. The fourth-order valence-corrected chi connectivity index (χ4v) is 3.83. The Morgan fingerprint density at radius 1 is 1.03 bits per heavy atom. The van der Waals surface area contributed by atoms with Crippen LogP contribution in [0.4, 0.5) is 21.0 Å². The number of carbonyl (C=O) groups is 3. The van der Waals surface area contributed by atoms with Crippen LogP contribution in [-0.4, -0.2) is 46.6 Å². The van der Waals surface area contributed by atoms with Crippen molar-refractivity contribution in [1.29, 1.82) is 0 Å². The highest BCUT2D eigenvalue weighted by Crippen LogP contribution is 2.31. The van der Waals surface area contributed by atoms with Gasteiger partial charge in [-0.25, -0.2) is 9.59 Å². The van der Waals surface area contributed by atoms with E-state index in [0.29, 0.717) is 37.4 Å². The number of hydrogen-bond acceptors (Lipinski definition) is 4. The summed E-state index contributed by atoms with van der Waals surface area (Å²) in [5.74, 6) is -0.275. The molecule has 2 atom stereocenters. The van der Waals surface area contributed by atoms with Gasteiger partial charge in [-0.1, -0.05) is 36.4 Å². The van der Waals surface area contributed by atoms with Gasteiger partial charge in [0.15, 0.2) is 0 Å². The van der Waals surface area contributed by atoms with E-state index in [1.165, 1.54) is 5.06 Å². The van der Waals surface area contributed by atoms with Gasteiger partial charge in [-0.2, -0.15) is 5.06 Å². The molecule has 2 heterocycles. The Kier molecular flexibility index (Phi) is 5.53. The van der Waals surface area contributed by atoms with E-state index < -0.39 is 12.1 Å². The van der Waals surface area contributed by atoms with Crippen molar-refractivity contribution in [1.82, 2.24) is 9.96 Å². The molecule has 1 unspecified atom stereocenters. The number of nitrogens with zero attached hydrogens (tertiary/aromatic N) is 2. The Hall–Kier alpha value is -3.59. The summed E-state index contributed by atoms with van der Waals surface area (Å²) >= 11 is 0. The Morgan fingerprint density at radius 2 is 1.77 bits per heavy atom. The molecule has 30 heavy (non-hydrogen) atoms. The molecule has 2 fully saturated rings. The molecule has 2 bridgehead atoms. The first-order valence-electron chi connectivity index (χ1n) is 9.75. The fourth-order valence-electron chi connectivity index (χ4n) is 3.83. The second-order valence-corrected chi connectivity index (χ2v) is 7.33. The van der Waals surface area contributed by atoms with Crippen LogP contribution in [0.1, 0.15) is 18.4 Å². The Labute approximate surface area is 173 Å². The number of fused-ring (bicyclic) bond motifs is 2. The predicted molar refractivity (Wildman–Crippen MR) is 110 cm³/mol. The normalized spacial score (nSPS) is 20.2. The summed E-state index contributed by atoms with van der Waals surface area (Å²) in [6.45, 7) is 0.752. The molecule has 9 heteroatoms. The molecule has 0 spiro atoms. The van der Waals surface area contributed by atoms with Crippen molar-refractivity contribution < 1.29 is 19.2 Å². The summed E-state index contributed by atoms with van der Waals surface area (Å²) in [6.07, 6.45) is 1.23. The SMILES string of the molecule is NC(=O)Nc1cccc(NC(=O)[C@@H]2CCC3CN2C(=O)N3OCc2ccccc2)c1. The van der Waals surface area contributed by atoms with Crippen LogP contribution < -0.4 is 16.4 Å². The number of carbonyl (C=O) groups excluding carboxylic acids is 3. The summed E-state index contributed by atoms with van der Waals surface area (Å²) in [5, 5.41) is 6.68. The molecule has 156 valence electrons. The number of piperidine rings is 1. The van der Waals surface area contributed by atoms with Crippen LogP contribution in [0.3, 0.4) is 0 Å². The highest BCUT2D eigenvalue weighted by molar-refractivity contribution is 5.98. The number of hydrogen-bond donors (Lipinski definition) is 3. The predicted octanol–water partition coefficient (Wildman–Crippen LogP) is 2.52. The third kappa shape index (κ3) is 4.20. The van der Waals surface area contributed by atoms with Gasteiger partial charge in [0, 0.05) is 17.9 Å². The van der Waals surface area contributed by atoms with Gasteiger partial charge in [-0.15, -0.1) is 0 Å². The minimum Gasteiger partial charge on any atom is -0.351 e. The fraction of sp³-hybridized carbons (Fsp3) is 0.286. The number of nitrogens with two attached hydrogens (primary N) is 1. The first-order chi connectivity index (χ1) is 14.5. The highest BCUT2D eigenvalue weighted by Gasteiger charge is 2.47. The van der Waals surface area contributed by atoms with Crippen LogP contribution in [-0.2, 0) is 16.2 Å². The average Bonchev–Trinajstić information content (AvgIpc) is 2.97. The van der Waals surface area contributed by atoms with E-state index in [9.17, 15) is 14.4 Å². The van der Waals surface area contributed by atoms with E-state index >= 15 is 0 Å². The largest absolute Gasteiger partial charge is 0.351 e. The van der Waals surface area contributed by atoms with Gasteiger partial charge in [-0.05, 0) is 36.6 Å². The summed E-state index contributed by atoms with van der Waals surface area (Å²) < 4.78 is 0. The number of hydroxylamine groups is 2. The van der Waals surface area contributed by atoms with Gasteiger partial charge in [0.05, 0.1) is 6.04 Å². The Bertz CT molecular complexity index is 951. The van der Waals surface area contributed by atoms with Crippen molar-refractivity contribution in [2.75, 3.05) is 17.2 Å². The van der Waals surface area contributed by atoms with Crippen LogP contribution in [0.25, 0.3) is 0 Å². The van der Waals surface area contributed by atoms with Crippen LogP contribution in [0.5, 0.6) is 0 Å². The number of amides is 5. The number of primary amides is 1. The molecule has 4 rings (SSSR count). The minimum absolute atomic E-state index is 0.0617. The van der Waals surface area contributed by atoms with Crippen molar-refractivity contribution >= 4 is 29.3 Å². The zero-order valence-corrected chi connectivity index (χ0v) is 16.3. The lowest BCUT2D eigenvalue weighted by Crippen LogP contribution is -2.47. The van der Waals surface area contributed by atoms with Gasteiger partial charge in [0.2, 0.25) is 5.91 Å². The minimum atomic E-state index is -0.685. The maximum atomic E-state index is 12.8. The average molecular weight is 409 g/mol. The summed E-state index contributed by atoms with van der Waals surface area (Å²) in [6, 6.07) is 14.7. The van der Waals surface area contributed by atoms with Gasteiger partial charge < -0.3 is 21.3 Å². The van der Waals surface area contributed by atoms with E-state index in [4.69, 9.17) is 10.6 Å². The first kappa shape index (κ1) is 19.7. The third-order valence-corrected chi connectivity index (χ3v) is 5.24. The number of rotatable bonds is 6. The lowest BCUT2D eigenvalue weighted by Gasteiger charge is -2.29. The van der Waals surface area contributed by atoms with Gasteiger partial charge >= 0.3 is 12.1 Å². The number of benzene rings is 2. The maximum absolute atomic E-state index is 12.8. The van der Waals surface area contributed by atoms with Crippen molar-refractivity contribution in [2.45, 2.75) is 31.5 Å². The molecule has 2 aliphatic heterocycles. The number of urea groups is 2. The molecule has 2 aromatic carbocycles. The van der Waals surface area contributed by atoms with Crippen LogP contribution in [0.15, 0.2) is 54.6 Å². The van der Waals surface area contributed by atoms with Gasteiger partial charge in [-0.3, -0.25) is 9.63 Å². The number of anilines is 2. The maximum Gasteiger partial charge on any atom is 0.345 e. The monoisotopic (exact) mass is 409 g/mol. The molecule has 0 radical (unpaired) electrons. The molecule has 0 saturated carbocycles. The van der Waals surface area contributed by atoms with Gasteiger partial charge in [0.1, 0.15) is 12.6 Å². The van der Waals surface area contributed by atoms with E-state index in [2.05, 4.69) is 10.6 Å². The lowest BCUT2D eigenvalue weighted by atomic mass is 10.00. The molecule has 5 amide bonds. The van der Waals surface area contributed by atoms with Crippen molar-refractivity contribution in [3.8, 4) is 0 Å². The van der Waals surface area contributed by atoms with Crippen molar-refractivity contribution in [3.05, 3.63) is 60.2 Å². The summed E-state index contributed by atoms with van der Waals surface area (Å²) in [4.78, 5) is 44.0. The summed E-state index contributed by atoms with van der Waals surface area (Å²) in [5.41, 5.74) is 7.08. The molecule has 4 N–H and O–H groups in total. The Morgan fingerprint density at radius 3 is 2.50 bits per heavy atom. The molecule has 9 nitrogen and oxygen atoms in total. The second-order valence-electron chi connectivity index (χ2n) is 7.33. The standard InChI is InChI=1S/C21H23N5O4/c22-20(28)24-16-8-4-7-15(11-16)23-19(27)18-10-9-17-12-25(18)21(29)26(17)30-13-14-5-2-1-3-6-14/h1-8,11,17-18H,9-10,12-13H2,(H,23,27)(H3,22,24,28)/t17?,18-/m0/s1. The molecule has 0 aliphatic carbocycles. The third-order valence-electron chi connectivity index (χ3n) is 5.24. The zero-order valence-electron chi connectivity index (χ0n) is 16.3. The molecule has 2 aromatic rings. The van der Waals surface area contributed by atoms with Crippen molar-refractivity contribution in [2.24, 2.45) is 5.73 Å². The second kappa shape index (κ2) is 8.42. The molecule has 2 saturated heterocycles. The quantitative estimate of drug-likeness (QED) is 0.679. The van der Waals surface area contributed by atoms with E-state index in [0.717, 1.165) is 5.56 Å². The lowest BCUT2D eigenvalue weighted by molar-refractivity contribution is -0.140. The van der Waals surface area contributed by atoms with Crippen molar-refractivity contribution in [3.63, 3.8) is 0 Å². The zero-order chi connectivity index (χ0) is 21.1. The van der Waals surface area contributed by atoms with Crippen LogP contribution in [0, 0.1) is 0 Å². The van der Waals surface area contributed by atoms with Gasteiger partial charge in [0.25, 0.3) is 0 Å². The summed E-state index contributed by atoms with van der Waals surface area (Å²) in [7, 11) is 0. The Balaban J connectivity index is 1.39. The van der Waals surface area contributed by atoms with Crippen LogP contribution in [0.2, 0.25) is 0 Å². The molecular weight excluding hydrogens is 386 g/mol. The highest BCUT2D eigenvalue weighted by atomic mass is 16.7. The van der Waals surface area contributed by atoms with E-state index in [1.54, 1.807) is 29.2 Å².